The molecule has 0 spiro atoms. The zero-order chi connectivity index (χ0) is 27.1. The molecular weight excluding hydrogens is 508 g/mol. The lowest BCUT2D eigenvalue weighted by Crippen LogP contribution is -2.32. The van der Waals surface area contributed by atoms with Crippen LogP contribution in [0.3, 0.4) is 0 Å². The Balaban J connectivity index is 1.79. The molecule has 1 aliphatic rings. The second kappa shape index (κ2) is 9.22. The molecule has 3 aromatic rings. The number of aromatic nitrogens is 2. The van der Waals surface area contributed by atoms with Gasteiger partial charge in [0.15, 0.2) is 17.4 Å². The highest BCUT2D eigenvalue weighted by Gasteiger charge is 2.45. The van der Waals surface area contributed by atoms with Crippen LogP contribution in [0.5, 0.6) is 5.75 Å². The summed E-state index contributed by atoms with van der Waals surface area (Å²) in [7, 11) is 0. The van der Waals surface area contributed by atoms with E-state index in [0.29, 0.717) is 17.8 Å². The molecule has 0 fully saturated rings. The second-order valence-electron chi connectivity index (χ2n) is 7.89. The Morgan fingerprint density at radius 2 is 1.54 bits per heavy atom. The van der Waals surface area contributed by atoms with Crippen LogP contribution in [0.25, 0.3) is 0 Å². The lowest BCUT2D eigenvalue weighted by Gasteiger charge is -2.26. The van der Waals surface area contributed by atoms with Crippen molar-refractivity contribution in [1.29, 1.82) is 0 Å². The van der Waals surface area contributed by atoms with Crippen molar-refractivity contribution in [3.63, 3.8) is 0 Å². The van der Waals surface area contributed by atoms with E-state index in [-0.39, 0.29) is 16.9 Å². The van der Waals surface area contributed by atoms with E-state index < -0.39 is 52.9 Å². The fourth-order valence-electron chi connectivity index (χ4n) is 3.73. The van der Waals surface area contributed by atoms with Gasteiger partial charge in [0.1, 0.15) is 5.75 Å². The van der Waals surface area contributed by atoms with Crippen LogP contribution in [-0.4, -0.2) is 33.4 Å². The number of carbonyl (C=O) groups excluding carboxylic acids is 2. The molecule has 1 aliphatic heterocycles. The topological polar surface area (TPSA) is 92.6 Å². The van der Waals surface area contributed by atoms with Gasteiger partial charge >= 0.3 is 12.5 Å². The maximum Gasteiger partial charge on any atom is 0.573 e. The number of amides is 1. The summed E-state index contributed by atoms with van der Waals surface area (Å²) < 4.78 is 80.4. The van der Waals surface area contributed by atoms with Crippen LogP contribution in [0.4, 0.5) is 32.2 Å². The number of alkyl halides is 6. The third kappa shape index (κ3) is 5.25. The van der Waals surface area contributed by atoms with E-state index in [9.17, 15) is 41.0 Å². The Morgan fingerprint density at radius 3 is 2.05 bits per heavy atom. The van der Waals surface area contributed by atoms with Crippen molar-refractivity contribution in [2.75, 3.05) is 4.90 Å². The Kier molecular flexibility index (Phi) is 6.40. The molecule has 2 heterocycles. The van der Waals surface area contributed by atoms with Gasteiger partial charge in [0.05, 0.1) is 22.9 Å². The van der Waals surface area contributed by atoms with Crippen LogP contribution in [0.15, 0.2) is 72.0 Å². The number of aliphatic hydroxyl groups is 1. The van der Waals surface area contributed by atoms with E-state index in [4.69, 9.17) is 0 Å². The number of rotatable bonds is 5. The minimum absolute atomic E-state index is 0.0852. The van der Waals surface area contributed by atoms with Crippen LogP contribution >= 0.6 is 0 Å². The minimum atomic E-state index is -4.96. The van der Waals surface area contributed by atoms with Gasteiger partial charge < -0.3 is 9.84 Å². The van der Waals surface area contributed by atoms with Crippen molar-refractivity contribution in [3.05, 3.63) is 94.4 Å². The molecule has 1 N–H and O–H groups in total. The number of aliphatic hydroxyl groups excluding tert-OH is 1. The summed E-state index contributed by atoms with van der Waals surface area (Å²) in [5, 5.41) is 18.4. The predicted molar refractivity (Wildman–Crippen MR) is 116 cm³/mol. The van der Waals surface area contributed by atoms with Gasteiger partial charge in [0, 0.05) is 5.56 Å². The van der Waals surface area contributed by atoms with E-state index in [2.05, 4.69) is 14.9 Å². The lowest BCUT2D eigenvalue weighted by molar-refractivity contribution is -0.274. The van der Waals surface area contributed by atoms with Crippen molar-refractivity contribution >= 4 is 17.5 Å². The smallest absolute Gasteiger partial charge is 0.503 e. The summed E-state index contributed by atoms with van der Waals surface area (Å²) in [4.78, 5) is 27.3. The van der Waals surface area contributed by atoms with Crippen molar-refractivity contribution in [2.45, 2.75) is 25.5 Å². The van der Waals surface area contributed by atoms with Crippen molar-refractivity contribution in [2.24, 2.45) is 0 Å². The lowest BCUT2D eigenvalue weighted by atomic mass is 9.92. The first-order valence-electron chi connectivity index (χ1n) is 10.4. The standard InChI is InChI=1S/C24H15F6N3O4/c1-12-2-11-17(32-31-12)33-19(13-5-9-16(10-6-13)37-24(28,29)30)18(21(35)22(33)36)20(34)14-3-7-15(8-4-14)23(25,26)27/h2-11,19,35H,1H3. The minimum Gasteiger partial charge on any atom is -0.503 e. The molecule has 192 valence electrons. The third-order valence-electron chi connectivity index (χ3n) is 5.39. The summed E-state index contributed by atoms with van der Waals surface area (Å²) in [5.41, 5.74) is -1.21. The monoisotopic (exact) mass is 523 g/mol. The normalized spacial score (nSPS) is 16.4. The first-order valence-corrected chi connectivity index (χ1v) is 10.4. The zero-order valence-electron chi connectivity index (χ0n) is 18.6. The maximum absolute atomic E-state index is 13.3. The second-order valence-corrected chi connectivity index (χ2v) is 7.89. The molecule has 0 bridgehead atoms. The highest BCUT2D eigenvalue weighted by atomic mass is 19.4. The Morgan fingerprint density at radius 1 is 0.919 bits per heavy atom. The number of carbonyl (C=O) groups is 2. The van der Waals surface area contributed by atoms with Crippen molar-refractivity contribution in [3.8, 4) is 5.75 Å². The summed E-state index contributed by atoms with van der Waals surface area (Å²) in [6.45, 7) is 1.62. The molecule has 2 aromatic carbocycles. The number of anilines is 1. The number of Topliss-reactive ketones (excluding diaryl/α,β-unsaturated/α-hetero) is 1. The van der Waals surface area contributed by atoms with Crippen LogP contribution in [0, 0.1) is 6.92 Å². The molecular formula is C24H15F6N3O4. The van der Waals surface area contributed by atoms with Gasteiger partial charge in [-0.2, -0.15) is 18.3 Å². The summed E-state index contributed by atoms with van der Waals surface area (Å²) in [6.07, 6.45) is -9.62. The van der Waals surface area contributed by atoms with E-state index >= 15 is 0 Å². The Labute approximate surface area is 204 Å². The van der Waals surface area contributed by atoms with Crippen molar-refractivity contribution < 1.29 is 45.8 Å². The van der Waals surface area contributed by atoms with Crippen LogP contribution in [-0.2, 0) is 11.0 Å². The quantitative estimate of drug-likeness (QED) is 0.352. The summed E-state index contributed by atoms with van der Waals surface area (Å²) >= 11 is 0. The van der Waals surface area contributed by atoms with Gasteiger partial charge in [0.25, 0.3) is 5.91 Å². The largest absolute Gasteiger partial charge is 0.573 e. The molecule has 0 radical (unpaired) electrons. The number of halogens is 6. The van der Waals surface area contributed by atoms with E-state index in [1.54, 1.807) is 6.92 Å². The molecule has 4 rings (SSSR count). The fourth-order valence-corrected chi connectivity index (χ4v) is 3.73. The van der Waals surface area contributed by atoms with Crippen LogP contribution < -0.4 is 9.64 Å². The first-order chi connectivity index (χ1) is 17.3. The summed E-state index contributed by atoms with van der Waals surface area (Å²) in [5.74, 6) is -3.69. The number of ketones is 1. The molecule has 1 aromatic heterocycles. The van der Waals surface area contributed by atoms with Gasteiger partial charge in [-0.25, -0.2) is 0 Å². The molecule has 0 aliphatic carbocycles. The van der Waals surface area contributed by atoms with Crippen LogP contribution in [0.1, 0.15) is 33.2 Å². The summed E-state index contributed by atoms with van der Waals surface area (Å²) in [6, 6.07) is 8.80. The molecule has 1 atom stereocenters. The molecule has 13 heteroatoms. The highest BCUT2D eigenvalue weighted by molar-refractivity contribution is 6.20. The molecule has 0 saturated carbocycles. The number of nitrogens with zero attached hydrogens (tertiary/aromatic N) is 3. The van der Waals surface area contributed by atoms with Gasteiger partial charge in [-0.1, -0.05) is 24.3 Å². The number of ether oxygens (including phenoxy) is 1. The predicted octanol–water partition coefficient (Wildman–Crippen LogP) is 5.49. The molecule has 1 unspecified atom stereocenters. The third-order valence-corrected chi connectivity index (χ3v) is 5.39. The molecule has 7 nitrogen and oxygen atoms in total. The number of benzene rings is 2. The molecule has 37 heavy (non-hydrogen) atoms. The fraction of sp³-hybridized carbons (Fsp3) is 0.167. The Bertz CT molecular complexity index is 1370. The van der Waals surface area contributed by atoms with Gasteiger partial charge in [-0.15, -0.1) is 18.3 Å². The number of hydrogen-bond donors (Lipinski definition) is 1. The van der Waals surface area contributed by atoms with Gasteiger partial charge in [0.2, 0.25) is 0 Å². The molecule has 1 amide bonds. The molecule has 0 saturated heterocycles. The zero-order valence-corrected chi connectivity index (χ0v) is 18.6. The Hall–Kier alpha value is -4.42. The van der Waals surface area contributed by atoms with Gasteiger partial charge in [-0.3, -0.25) is 14.5 Å². The SMILES string of the molecule is Cc1ccc(N2C(=O)C(O)=C(C(=O)c3ccc(C(F)(F)F)cc3)C2c2ccc(OC(F)(F)F)cc2)nn1. The van der Waals surface area contributed by atoms with Crippen LogP contribution in [0.2, 0.25) is 0 Å². The maximum atomic E-state index is 13.3. The average Bonchev–Trinajstić information content (AvgIpc) is 3.08. The first kappa shape index (κ1) is 25.7. The average molecular weight is 523 g/mol. The van der Waals surface area contributed by atoms with E-state index in [1.165, 1.54) is 12.1 Å². The van der Waals surface area contributed by atoms with Crippen molar-refractivity contribution in [1.82, 2.24) is 10.2 Å². The highest BCUT2D eigenvalue weighted by Crippen LogP contribution is 2.42. The van der Waals surface area contributed by atoms with E-state index in [0.717, 1.165) is 41.3 Å². The van der Waals surface area contributed by atoms with Gasteiger partial charge in [-0.05, 0) is 48.9 Å². The van der Waals surface area contributed by atoms with E-state index in [1.807, 2.05) is 0 Å². The number of hydrogen-bond acceptors (Lipinski definition) is 6. The number of aryl methyl sites for hydroxylation is 1.